The quantitative estimate of drug-likeness (QED) is 0.400. The van der Waals surface area contributed by atoms with Gasteiger partial charge in [-0.25, -0.2) is 8.42 Å². The van der Waals surface area contributed by atoms with Gasteiger partial charge in [0.05, 0.1) is 23.0 Å². The number of ether oxygens (including phenoxy) is 1. The Balaban J connectivity index is 1.71. The maximum atomic E-state index is 14.4. The molecular formula is C31H43NO5S. The van der Waals surface area contributed by atoms with Crippen molar-refractivity contribution in [1.82, 2.24) is 4.31 Å². The number of esters is 1. The summed E-state index contributed by atoms with van der Waals surface area (Å²) in [4.78, 5) is 13.6. The van der Waals surface area contributed by atoms with Gasteiger partial charge in [0.1, 0.15) is 6.10 Å². The van der Waals surface area contributed by atoms with E-state index in [9.17, 15) is 18.3 Å². The Bertz CT molecular complexity index is 1190. The molecule has 208 valence electrons. The van der Waals surface area contributed by atoms with Gasteiger partial charge < -0.3 is 9.84 Å². The summed E-state index contributed by atoms with van der Waals surface area (Å²) in [6.07, 6.45) is 7.22. The van der Waals surface area contributed by atoms with Crippen molar-refractivity contribution in [2.75, 3.05) is 7.05 Å². The number of carbonyl (C=O) groups is 1. The summed E-state index contributed by atoms with van der Waals surface area (Å²) < 4.78 is 36.2. The minimum Gasteiger partial charge on any atom is -0.455 e. The van der Waals surface area contributed by atoms with E-state index in [0.717, 1.165) is 74.5 Å². The van der Waals surface area contributed by atoms with Gasteiger partial charge in [-0.05, 0) is 99.5 Å². The average molecular weight is 542 g/mol. The molecular weight excluding hydrogens is 498 g/mol. The summed E-state index contributed by atoms with van der Waals surface area (Å²) in [7, 11) is -2.25. The number of rotatable bonds is 10. The fourth-order valence-corrected chi connectivity index (χ4v) is 7.90. The van der Waals surface area contributed by atoms with Crippen molar-refractivity contribution in [2.45, 2.75) is 108 Å². The lowest BCUT2D eigenvalue weighted by Crippen LogP contribution is -2.42. The summed E-state index contributed by atoms with van der Waals surface area (Å²) in [5.74, 6) is -1.23. The molecule has 0 aliphatic heterocycles. The number of hydrogen-bond acceptors (Lipinski definition) is 5. The molecule has 0 aromatic heterocycles. The van der Waals surface area contributed by atoms with Crippen LogP contribution < -0.4 is 0 Å². The van der Waals surface area contributed by atoms with E-state index < -0.39 is 40.2 Å². The highest BCUT2D eigenvalue weighted by Crippen LogP contribution is 2.39. The van der Waals surface area contributed by atoms with Crippen LogP contribution in [-0.4, -0.2) is 43.0 Å². The largest absolute Gasteiger partial charge is 0.455 e. The third kappa shape index (κ3) is 5.85. The second kappa shape index (κ2) is 12.3. The van der Waals surface area contributed by atoms with Crippen LogP contribution in [0.4, 0.5) is 0 Å². The van der Waals surface area contributed by atoms with Crippen LogP contribution in [0.3, 0.4) is 0 Å². The smallest absolute Gasteiger partial charge is 0.311 e. The molecule has 0 spiro atoms. The van der Waals surface area contributed by atoms with E-state index in [4.69, 9.17) is 4.74 Å². The molecule has 0 radical (unpaired) electrons. The van der Waals surface area contributed by atoms with Crippen molar-refractivity contribution in [3.63, 3.8) is 0 Å². The lowest BCUT2D eigenvalue weighted by Gasteiger charge is -2.35. The van der Waals surface area contributed by atoms with Crippen LogP contribution in [0.5, 0.6) is 0 Å². The van der Waals surface area contributed by atoms with E-state index in [0.29, 0.717) is 11.3 Å². The van der Waals surface area contributed by atoms with E-state index in [1.54, 1.807) is 20.9 Å². The molecule has 6 nitrogen and oxygen atoms in total. The standard InChI is InChI=1S/C31H43NO5S/c1-5-13-28(33)21(2)31(34)37-29(23-14-7-6-8-15-23)22(3)32(4)38(35,36)30-26-18-11-9-16-24(26)20-25-17-10-12-19-27(25)30/h6-8,14-15,20-22,28-29,33H,5,9-13,16-19H2,1-4H3/t21-,22+,28+,29+/m1/s1. The number of fused-ring (bicyclic) bond motifs is 2. The topological polar surface area (TPSA) is 83.9 Å². The van der Waals surface area contributed by atoms with Crippen LogP contribution in [0.25, 0.3) is 0 Å². The molecule has 0 heterocycles. The number of carbonyl (C=O) groups excluding carboxylic acids is 1. The monoisotopic (exact) mass is 541 g/mol. The van der Waals surface area contributed by atoms with Gasteiger partial charge in [0.2, 0.25) is 10.0 Å². The zero-order valence-electron chi connectivity index (χ0n) is 23.3. The molecule has 4 atom stereocenters. The molecule has 1 N–H and O–H groups in total. The number of aliphatic hydroxyl groups is 1. The third-order valence-corrected chi connectivity index (χ3v) is 10.6. The molecule has 38 heavy (non-hydrogen) atoms. The highest BCUT2D eigenvalue weighted by Gasteiger charge is 2.38. The summed E-state index contributed by atoms with van der Waals surface area (Å²) in [6.45, 7) is 5.42. The van der Waals surface area contributed by atoms with Crippen molar-refractivity contribution in [3.05, 3.63) is 64.2 Å². The van der Waals surface area contributed by atoms with E-state index in [2.05, 4.69) is 6.07 Å². The molecule has 4 rings (SSSR count). The summed E-state index contributed by atoms with van der Waals surface area (Å²) >= 11 is 0. The Morgan fingerprint density at radius 2 is 1.53 bits per heavy atom. The Hall–Kier alpha value is -2.22. The third-order valence-electron chi connectivity index (χ3n) is 8.47. The fraction of sp³-hybridized carbons (Fsp3) is 0.581. The number of hydrogen-bond donors (Lipinski definition) is 1. The van der Waals surface area contributed by atoms with Gasteiger partial charge in [-0.3, -0.25) is 4.79 Å². The zero-order chi connectivity index (χ0) is 27.4. The number of aliphatic hydroxyl groups excluding tert-OH is 1. The molecule has 0 amide bonds. The second-order valence-corrected chi connectivity index (χ2v) is 13.0. The van der Waals surface area contributed by atoms with Crippen molar-refractivity contribution in [3.8, 4) is 0 Å². The van der Waals surface area contributed by atoms with Crippen LogP contribution in [0.15, 0.2) is 41.3 Å². The van der Waals surface area contributed by atoms with Gasteiger partial charge in [0, 0.05) is 7.05 Å². The van der Waals surface area contributed by atoms with Crippen LogP contribution in [0, 0.1) is 5.92 Å². The maximum Gasteiger partial charge on any atom is 0.311 e. The van der Waals surface area contributed by atoms with E-state index in [1.165, 1.54) is 15.4 Å². The predicted molar refractivity (Wildman–Crippen MR) is 149 cm³/mol. The van der Waals surface area contributed by atoms with Crippen molar-refractivity contribution < 1.29 is 23.1 Å². The number of aryl methyl sites for hydroxylation is 2. The average Bonchev–Trinajstić information content (AvgIpc) is 2.93. The number of benzene rings is 2. The van der Waals surface area contributed by atoms with Gasteiger partial charge in [0.15, 0.2) is 0 Å². The van der Waals surface area contributed by atoms with Gasteiger partial charge >= 0.3 is 5.97 Å². The lowest BCUT2D eigenvalue weighted by molar-refractivity contribution is -0.160. The highest BCUT2D eigenvalue weighted by atomic mass is 32.2. The normalized spacial score (nSPS) is 18.7. The second-order valence-electron chi connectivity index (χ2n) is 11.1. The van der Waals surface area contributed by atoms with Gasteiger partial charge in [-0.1, -0.05) is 49.7 Å². The highest BCUT2D eigenvalue weighted by molar-refractivity contribution is 7.89. The molecule has 2 aliphatic rings. The van der Waals surface area contributed by atoms with E-state index in [-0.39, 0.29) is 0 Å². The Kier molecular flexibility index (Phi) is 9.32. The van der Waals surface area contributed by atoms with Crippen LogP contribution in [-0.2, 0) is 45.2 Å². The molecule has 0 saturated heterocycles. The van der Waals surface area contributed by atoms with Crippen LogP contribution >= 0.6 is 0 Å². The molecule has 0 bridgehead atoms. The van der Waals surface area contributed by atoms with Gasteiger partial charge in [-0.15, -0.1) is 0 Å². The van der Waals surface area contributed by atoms with Gasteiger partial charge in [0.25, 0.3) is 0 Å². The van der Waals surface area contributed by atoms with E-state index >= 15 is 0 Å². The van der Waals surface area contributed by atoms with Crippen molar-refractivity contribution in [1.29, 1.82) is 0 Å². The first-order chi connectivity index (χ1) is 18.2. The first kappa shape index (κ1) is 28.8. The maximum absolute atomic E-state index is 14.4. The zero-order valence-corrected chi connectivity index (χ0v) is 24.1. The minimum atomic E-state index is -3.86. The summed E-state index contributed by atoms with van der Waals surface area (Å²) in [5.41, 5.74) is 5.06. The lowest BCUT2D eigenvalue weighted by atomic mass is 9.83. The first-order valence-electron chi connectivity index (χ1n) is 14.2. The number of likely N-dealkylation sites (N-methyl/N-ethyl adjacent to an activating group) is 1. The molecule has 2 aliphatic carbocycles. The van der Waals surface area contributed by atoms with Crippen LogP contribution in [0.2, 0.25) is 0 Å². The predicted octanol–water partition coefficient (Wildman–Crippen LogP) is 5.53. The molecule has 0 saturated carbocycles. The van der Waals surface area contributed by atoms with Crippen molar-refractivity contribution >= 4 is 16.0 Å². The van der Waals surface area contributed by atoms with E-state index in [1.807, 2.05) is 37.3 Å². The molecule has 2 aromatic carbocycles. The first-order valence-corrected chi connectivity index (χ1v) is 15.7. The summed E-state index contributed by atoms with van der Waals surface area (Å²) in [6, 6.07) is 10.9. The Morgan fingerprint density at radius 3 is 2.08 bits per heavy atom. The molecule has 7 heteroatoms. The number of sulfonamides is 1. The van der Waals surface area contributed by atoms with Gasteiger partial charge in [-0.2, -0.15) is 4.31 Å². The SMILES string of the molecule is CCC[C@H](O)[C@@H](C)C(=O)O[C@H](c1ccccc1)[C@H](C)N(C)S(=O)(=O)c1c2c(cc3c1CCCC3)CCCC2. The molecule has 2 aromatic rings. The molecule has 0 fully saturated rings. The minimum absolute atomic E-state index is 0.500. The summed E-state index contributed by atoms with van der Waals surface area (Å²) in [5, 5.41) is 10.4. The van der Waals surface area contributed by atoms with Crippen LogP contribution in [0.1, 0.15) is 93.2 Å². The Labute approximate surface area is 228 Å². The number of nitrogens with zero attached hydrogens (tertiary/aromatic N) is 1. The Morgan fingerprint density at radius 1 is 0.974 bits per heavy atom. The fourth-order valence-electron chi connectivity index (χ4n) is 5.98. The molecule has 0 unspecified atom stereocenters. The van der Waals surface area contributed by atoms with Crippen molar-refractivity contribution in [2.24, 2.45) is 5.92 Å².